The van der Waals surface area contributed by atoms with Crippen LogP contribution in [0.4, 0.5) is 11.4 Å². The largest absolute Gasteiger partial charge is 0.322 e. The Morgan fingerprint density at radius 2 is 1.67 bits per heavy atom. The van der Waals surface area contributed by atoms with E-state index in [2.05, 4.69) is 10.0 Å². The maximum absolute atomic E-state index is 12.5. The summed E-state index contributed by atoms with van der Waals surface area (Å²) >= 11 is 0. The van der Waals surface area contributed by atoms with Gasteiger partial charge in [0.1, 0.15) is 0 Å². The van der Waals surface area contributed by atoms with Crippen LogP contribution in [0.25, 0.3) is 0 Å². The number of amides is 1. The second-order valence-corrected chi connectivity index (χ2v) is 7.83. The van der Waals surface area contributed by atoms with Crippen LogP contribution in [0.3, 0.4) is 0 Å². The lowest BCUT2D eigenvalue weighted by molar-refractivity contribution is 0.102. The number of aryl methyl sites for hydroxylation is 3. The van der Waals surface area contributed by atoms with E-state index in [1.54, 1.807) is 25.1 Å². The molecular weight excluding hydrogens is 324 g/mol. The van der Waals surface area contributed by atoms with Crippen molar-refractivity contribution in [2.75, 3.05) is 15.8 Å². The molecule has 0 fully saturated rings. The summed E-state index contributed by atoms with van der Waals surface area (Å²) in [7, 11) is -3.37. The summed E-state index contributed by atoms with van der Waals surface area (Å²) in [6, 6.07) is 10.5. The number of nitrogens with one attached hydrogen (secondary N) is 2. The lowest BCUT2D eigenvalue weighted by Gasteiger charge is -2.13. The van der Waals surface area contributed by atoms with Crippen LogP contribution in [0.1, 0.15) is 34.0 Å². The molecule has 0 unspecified atom stereocenters. The van der Waals surface area contributed by atoms with E-state index in [-0.39, 0.29) is 11.7 Å². The highest BCUT2D eigenvalue weighted by atomic mass is 32.2. The fraction of sp³-hybridized carbons (Fsp3) is 0.278. The van der Waals surface area contributed by atoms with E-state index in [9.17, 15) is 13.2 Å². The number of hydrogen-bond acceptors (Lipinski definition) is 3. The molecule has 1 amide bonds. The van der Waals surface area contributed by atoms with Crippen molar-refractivity contribution in [3.05, 3.63) is 58.7 Å². The van der Waals surface area contributed by atoms with Gasteiger partial charge in [-0.05, 0) is 57.0 Å². The zero-order valence-electron chi connectivity index (χ0n) is 14.3. The van der Waals surface area contributed by atoms with Crippen LogP contribution in [-0.4, -0.2) is 20.1 Å². The van der Waals surface area contributed by atoms with Crippen molar-refractivity contribution >= 4 is 27.3 Å². The van der Waals surface area contributed by atoms with Crippen LogP contribution in [0, 0.1) is 20.8 Å². The predicted molar refractivity (Wildman–Crippen MR) is 98.1 cm³/mol. The standard InChI is InChI=1S/C18H22N2O3S/c1-5-24(22,23)20-16-8-6-7-15(11-16)18(21)19-17-13(3)9-12(2)10-14(17)4/h6-11,20H,5H2,1-4H3,(H,19,21). The summed E-state index contributed by atoms with van der Waals surface area (Å²) in [5.74, 6) is -0.298. The molecule has 0 atom stereocenters. The van der Waals surface area contributed by atoms with E-state index in [0.29, 0.717) is 11.3 Å². The normalized spacial score (nSPS) is 11.2. The number of carbonyl (C=O) groups is 1. The van der Waals surface area contributed by atoms with Gasteiger partial charge in [-0.25, -0.2) is 8.42 Å². The first-order valence-corrected chi connectivity index (χ1v) is 9.37. The van der Waals surface area contributed by atoms with Gasteiger partial charge in [0.2, 0.25) is 10.0 Å². The number of rotatable bonds is 5. The minimum absolute atomic E-state index is 0.0226. The van der Waals surface area contributed by atoms with Crippen LogP contribution in [0.15, 0.2) is 36.4 Å². The van der Waals surface area contributed by atoms with Gasteiger partial charge in [-0.2, -0.15) is 0 Å². The molecule has 0 heterocycles. The molecule has 2 N–H and O–H groups in total. The average Bonchev–Trinajstić information content (AvgIpc) is 2.50. The molecule has 5 nitrogen and oxygen atoms in total. The van der Waals surface area contributed by atoms with E-state index in [1.165, 1.54) is 6.07 Å². The van der Waals surface area contributed by atoms with Crippen LogP contribution in [0.5, 0.6) is 0 Å². The zero-order valence-corrected chi connectivity index (χ0v) is 15.1. The number of sulfonamides is 1. The molecule has 0 saturated heterocycles. The van der Waals surface area contributed by atoms with Crippen LogP contribution < -0.4 is 10.0 Å². The molecule has 0 spiro atoms. The topological polar surface area (TPSA) is 75.3 Å². The van der Waals surface area contributed by atoms with Gasteiger partial charge in [0.25, 0.3) is 5.91 Å². The van der Waals surface area contributed by atoms with Gasteiger partial charge in [0.15, 0.2) is 0 Å². The van der Waals surface area contributed by atoms with Crippen LogP contribution in [-0.2, 0) is 10.0 Å². The number of carbonyl (C=O) groups excluding carboxylic acids is 1. The summed E-state index contributed by atoms with van der Waals surface area (Å²) in [6.07, 6.45) is 0. The van der Waals surface area contributed by atoms with E-state index in [1.807, 2.05) is 32.9 Å². The van der Waals surface area contributed by atoms with Gasteiger partial charge < -0.3 is 5.32 Å². The highest BCUT2D eigenvalue weighted by Crippen LogP contribution is 2.23. The van der Waals surface area contributed by atoms with Gasteiger partial charge in [-0.1, -0.05) is 23.8 Å². The fourth-order valence-corrected chi connectivity index (χ4v) is 3.17. The highest BCUT2D eigenvalue weighted by Gasteiger charge is 2.12. The Morgan fingerprint density at radius 1 is 1.04 bits per heavy atom. The number of hydrogen-bond donors (Lipinski definition) is 2. The number of anilines is 2. The maximum atomic E-state index is 12.5. The smallest absolute Gasteiger partial charge is 0.255 e. The zero-order chi connectivity index (χ0) is 17.9. The molecule has 2 aromatic rings. The fourth-order valence-electron chi connectivity index (χ4n) is 2.54. The third-order valence-electron chi connectivity index (χ3n) is 3.69. The first kappa shape index (κ1) is 18.0. The lowest BCUT2D eigenvalue weighted by atomic mass is 10.0. The van der Waals surface area contributed by atoms with Gasteiger partial charge in [-0.3, -0.25) is 9.52 Å². The maximum Gasteiger partial charge on any atom is 0.255 e. The molecule has 24 heavy (non-hydrogen) atoms. The van der Waals surface area contributed by atoms with Crippen LogP contribution in [0.2, 0.25) is 0 Å². The molecule has 128 valence electrons. The third-order valence-corrected chi connectivity index (χ3v) is 5.00. The Labute approximate surface area is 143 Å². The molecule has 0 aromatic heterocycles. The van der Waals surface area contributed by atoms with Crippen molar-refractivity contribution in [2.24, 2.45) is 0 Å². The Bertz CT molecular complexity index is 851. The van der Waals surface area contributed by atoms with Gasteiger partial charge in [-0.15, -0.1) is 0 Å². The minimum atomic E-state index is -3.37. The SMILES string of the molecule is CCS(=O)(=O)Nc1cccc(C(=O)Nc2c(C)cc(C)cc2C)c1. The molecule has 2 rings (SSSR count). The second kappa shape index (κ2) is 7.05. The summed E-state index contributed by atoms with van der Waals surface area (Å²) in [6.45, 7) is 7.46. The van der Waals surface area contributed by atoms with E-state index >= 15 is 0 Å². The molecule has 0 radical (unpaired) electrons. The van der Waals surface area contributed by atoms with Crippen molar-refractivity contribution in [1.82, 2.24) is 0 Å². The van der Waals surface area contributed by atoms with Gasteiger partial charge in [0, 0.05) is 16.9 Å². The Morgan fingerprint density at radius 3 is 2.25 bits per heavy atom. The van der Waals surface area contributed by atoms with Crippen molar-refractivity contribution in [3.8, 4) is 0 Å². The summed E-state index contributed by atoms with van der Waals surface area (Å²) in [5, 5.41) is 2.91. The van der Waals surface area contributed by atoms with Crippen molar-refractivity contribution < 1.29 is 13.2 Å². The van der Waals surface area contributed by atoms with E-state index < -0.39 is 10.0 Å². The minimum Gasteiger partial charge on any atom is -0.322 e. The first-order chi connectivity index (χ1) is 11.2. The molecule has 2 aromatic carbocycles. The molecule has 6 heteroatoms. The molecule has 0 saturated carbocycles. The van der Waals surface area contributed by atoms with Crippen molar-refractivity contribution in [1.29, 1.82) is 0 Å². The van der Waals surface area contributed by atoms with Crippen molar-refractivity contribution in [2.45, 2.75) is 27.7 Å². The molecule has 0 bridgehead atoms. The number of benzene rings is 2. The van der Waals surface area contributed by atoms with E-state index in [0.717, 1.165) is 22.4 Å². The van der Waals surface area contributed by atoms with Gasteiger partial charge >= 0.3 is 0 Å². The Kier molecular flexibility index (Phi) is 5.29. The molecule has 0 aliphatic carbocycles. The third kappa shape index (κ3) is 4.35. The summed E-state index contributed by atoms with van der Waals surface area (Å²) in [4.78, 5) is 12.5. The monoisotopic (exact) mass is 346 g/mol. The Balaban J connectivity index is 2.25. The van der Waals surface area contributed by atoms with Gasteiger partial charge in [0.05, 0.1) is 5.75 Å². The first-order valence-electron chi connectivity index (χ1n) is 7.71. The summed E-state index contributed by atoms with van der Waals surface area (Å²) < 4.78 is 25.8. The quantitative estimate of drug-likeness (QED) is 0.868. The second-order valence-electron chi connectivity index (χ2n) is 5.81. The van der Waals surface area contributed by atoms with Crippen molar-refractivity contribution in [3.63, 3.8) is 0 Å². The lowest BCUT2D eigenvalue weighted by Crippen LogP contribution is -2.16. The average molecular weight is 346 g/mol. The van der Waals surface area contributed by atoms with Crippen LogP contribution >= 0.6 is 0 Å². The highest BCUT2D eigenvalue weighted by molar-refractivity contribution is 7.92. The molecule has 0 aliphatic heterocycles. The predicted octanol–water partition coefficient (Wildman–Crippen LogP) is 3.63. The van der Waals surface area contributed by atoms with E-state index in [4.69, 9.17) is 0 Å². The molecular formula is C18H22N2O3S. The Hall–Kier alpha value is -2.34. The summed E-state index contributed by atoms with van der Waals surface area (Å²) in [5.41, 5.74) is 4.67. The molecule has 0 aliphatic rings.